The zero-order valence-corrected chi connectivity index (χ0v) is 8.75. The van der Waals surface area contributed by atoms with E-state index in [-0.39, 0.29) is 0 Å². The van der Waals surface area contributed by atoms with E-state index >= 15 is 0 Å². The summed E-state index contributed by atoms with van der Waals surface area (Å²) in [5.74, 6) is 0. The van der Waals surface area contributed by atoms with Gasteiger partial charge in [-0.3, -0.25) is 0 Å². The molecule has 0 atom stereocenters. The van der Waals surface area contributed by atoms with E-state index in [9.17, 15) is 0 Å². The summed E-state index contributed by atoms with van der Waals surface area (Å²) in [5, 5.41) is 0. The van der Waals surface area contributed by atoms with Crippen LogP contribution < -0.4 is 0 Å². The van der Waals surface area contributed by atoms with Crippen LogP contribution in [0.1, 0.15) is 26.7 Å². The van der Waals surface area contributed by atoms with Crippen molar-refractivity contribution in [3.05, 3.63) is 36.5 Å². The Morgan fingerprint density at radius 3 is 2.69 bits per heavy atom. The van der Waals surface area contributed by atoms with E-state index in [4.69, 9.17) is 4.74 Å². The van der Waals surface area contributed by atoms with Crippen LogP contribution >= 0.6 is 0 Å². The first-order chi connectivity index (χ1) is 6.35. The molecule has 0 saturated carbocycles. The van der Waals surface area contributed by atoms with E-state index in [1.807, 2.05) is 13.0 Å². The molecule has 74 valence electrons. The van der Waals surface area contributed by atoms with Crippen molar-refractivity contribution in [3.63, 3.8) is 0 Å². The van der Waals surface area contributed by atoms with Gasteiger partial charge in [-0.15, -0.1) is 6.58 Å². The molecule has 0 aromatic rings. The second kappa shape index (κ2) is 9.27. The second-order valence-electron chi connectivity index (χ2n) is 2.74. The molecule has 13 heavy (non-hydrogen) atoms. The fourth-order valence-corrected chi connectivity index (χ4v) is 1.03. The first-order valence-electron chi connectivity index (χ1n) is 4.89. The van der Waals surface area contributed by atoms with Crippen LogP contribution in [0.15, 0.2) is 36.5 Å². The highest BCUT2D eigenvalue weighted by Crippen LogP contribution is 2.05. The minimum atomic E-state index is 0.703. The van der Waals surface area contributed by atoms with Crippen LogP contribution in [0.5, 0.6) is 0 Å². The molecule has 0 fully saturated rings. The number of hydrogen-bond donors (Lipinski definition) is 0. The highest BCUT2D eigenvalue weighted by atomic mass is 16.5. The molecule has 0 spiro atoms. The Bertz CT molecular complexity index is 178. The summed E-state index contributed by atoms with van der Waals surface area (Å²) >= 11 is 0. The molecular weight excluding hydrogens is 160 g/mol. The molecule has 0 heterocycles. The van der Waals surface area contributed by atoms with Crippen molar-refractivity contribution in [2.45, 2.75) is 26.7 Å². The molecule has 0 rings (SSSR count). The number of ether oxygens (including phenoxy) is 1. The van der Waals surface area contributed by atoms with E-state index in [1.54, 1.807) is 0 Å². The van der Waals surface area contributed by atoms with Crippen molar-refractivity contribution in [1.29, 1.82) is 0 Å². The average molecular weight is 180 g/mol. The summed E-state index contributed by atoms with van der Waals surface area (Å²) in [6.45, 7) is 9.34. The smallest absolute Gasteiger partial charge is 0.0650 e. The van der Waals surface area contributed by atoms with Gasteiger partial charge in [-0.2, -0.15) is 0 Å². The molecule has 0 radical (unpaired) electrons. The van der Waals surface area contributed by atoms with Gasteiger partial charge < -0.3 is 4.74 Å². The molecule has 0 saturated heterocycles. The van der Waals surface area contributed by atoms with Gasteiger partial charge in [0.25, 0.3) is 0 Å². The minimum Gasteiger partial charge on any atom is -0.378 e. The topological polar surface area (TPSA) is 9.23 Å². The van der Waals surface area contributed by atoms with Crippen LogP contribution in [0.4, 0.5) is 0 Å². The summed E-state index contributed by atoms with van der Waals surface area (Å²) in [6, 6.07) is 0. The Morgan fingerprint density at radius 2 is 2.15 bits per heavy atom. The third kappa shape index (κ3) is 7.54. The predicted molar refractivity (Wildman–Crippen MR) is 58.8 cm³/mol. The Kier molecular flexibility index (Phi) is 8.68. The zero-order valence-electron chi connectivity index (χ0n) is 8.75. The van der Waals surface area contributed by atoms with Crippen LogP contribution in [0.25, 0.3) is 0 Å². The third-order valence-electron chi connectivity index (χ3n) is 1.60. The van der Waals surface area contributed by atoms with Crippen LogP contribution in [0.2, 0.25) is 0 Å². The normalized spacial score (nSPS) is 12.3. The molecule has 0 aliphatic carbocycles. The molecule has 0 unspecified atom stereocenters. The summed E-state index contributed by atoms with van der Waals surface area (Å²) < 4.78 is 5.20. The maximum atomic E-state index is 5.20. The van der Waals surface area contributed by atoms with Gasteiger partial charge in [0.1, 0.15) is 0 Å². The molecule has 0 aromatic heterocycles. The summed E-state index contributed by atoms with van der Waals surface area (Å²) in [7, 11) is 0. The molecule has 0 aliphatic rings. The first-order valence-corrected chi connectivity index (χ1v) is 4.89. The van der Waals surface area contributed by atoms with E-state index in [2.05, 4.69) is 31.7 Å². The molecular formula is C12H20O. The van der Waals surface area contributed by atoms with Gasteiger partial charge in [0.05, 0.1) is 6.61 Å². The van der Waals surface area contributed by atoms with Gasteiger partial charge in [-0.25, -0.2) is 0 Å². The Labute approximate surface area is 81.8 Å². The fraction of sp³-hybridized carbons (Fsp3) is 0.500. The van der Waals surface area contributed by atoms with Gasteiger partial charge in [0, 0.05) is 6.61 Å². The molecule has 0 aromatic carbocycles. The highest BCUT2D eigenvalue weighted by molar-refractivity contribution is 5.20. The van der Waals surface area contributed by atoms with Crippen molar-refractivity contribution >= 4 is 0 Å². The predicted octanol–water partition coefficient (Wildman–Crippen LogP) is 3.49. The van der Waals surface area contributed by atoms with Crippen LogP contribution in [0.3, 0.4) is 0 Å². The van der Waals surface area contributed by atoms with Gasteiger partial charge in [-0.1, -0.05) is 31.2 Å². The van der Waals surface area contributed by atoms with E-state index in [1.165, 1.54) is 5.57 Å². The lowest BCUT2D eigenvalue weighted by molar-refractivity contribution is 0.177. The molecule has 1 heteroatoms. The zero-order chi connectivity index (χ0) is 9.94. The molecule has 0 aliphatic heterocycles. The fourth-order valence-electron chi connectivity index (χ4n) is 1.03. The first kappa shape index (κ1) is 12.2. The highest BCUT2D eigenvalue weighted by Gasteiger charge is 1.86. The quantitative estimate of drug-likeness (QED) is 0.331. The van der Waals surface area contributed by atoms with Crippen molar-refractivity contribution in [2.24, 2.45) is 0 Å². The van der Waals surface area contributed by atoms with Gasteiger partial charge in [-0.05, 0) is 25.3 Å². The lowest BCUT2D eigenvalue weighted by atomic mass is 10.1. The lowest BCUT2D eigenvalue weighted by Gasteiger charge is -1.97. The van der Waals surface area contributed by atoms with Crippen LogP contribution in [0, 0.1) is 0 Å². The van der Waals surface area contributed by atoms with Crippen molar-refractivity contribution in [3.8, 4) is 0 Å². The van der Waals surface area contributed by atoms with Crippen LogP contribution in [-0.2, 0) is 4.74 Å². The number of allylic oxidation sites excluding steroid dienone is 4. The molecule has 0 amide bonds. The monoisotopic (exact) mass is 180 g/mol. The van der Waals surface area contributed by atoms with E-state index in [0.717, 1.165) is 19.4 Å². The Hall–Kier alpha value is -0.820. The lowest BCUT2D eigenvalue weighted by Crippen LogP contribution is -1.88. The standard InChI is InChI=1S/C12H20O/c1-4-8-12(9-5-2)10-7-11-13-6-3/h4,7,9-10H,1,5-6,8,11H2,2-3H3/b10-7-,12-9-. The second-order valence-corrected chi connectivity index (χ2v) is 2.74. The van der Waals surface area contributed by atoms with Gasteiger partial charge >= 0.3 is 0 Å². The van der Waals surface area contributed by atoms with Crippen molar-refractivity contribution < 1.29 is 4.74 Å². The average Bonchev–Trinajstić information content (AvgIpc) is 2.13. The summed E-state index contributed by atoms with van der Waals surface area (Å²) in [4.78, 5) is 0. The number of hydrogen-bond acceptors (Lipinski definition) is 1. The summed E-state index contributed by atoms with van der Waals surface area (Å²) in [6.07, 6.45) is 10.3. The molecule has 0 bridgehead atoms. The van der Waals surface area contributed by atoms with Crippen molar-refractivity contribution in [1.82, 2.24) is 0 Å². The largest absolute Gasteiger partial charge is 0.378 e. The van der Waals surface area contributed by atoms with Crippen LogP contribution in [-0.4, -0.2) is 13.2 Å². The third-order valence-corrected chi connectivity index (χ3v) is 1.60. The van der Waals surface area contributed by atoms with E-state index in [0.29, 0.717) is 6.61 Å². The van der Waals surface area contributed by atoms with Gasteiger partial charge in [0.2, 0.25) is 0 Å². The Balaban J connectivity index is 3.86. The van der Waals surface area contributed by atoms with Gasteiger partial charge in [0.15, 0.2) is 0 Å². The maximum Gasteiger partial charge on any atom is 0.0650 e. The van der Waals surface area contributed by atoms with E-state index < -0.39 is 0 Å². The SMILES string of the molecule is C=CCC(/C=C\COCC)=C/CC. The molecule has 0 N–H and O–H groups in total. The number of rotatable bonds is 7. The molecule has 1 nitrogen and oxygen atoms in total. The maximum absolute atomic E-state index is 5.20. The summed E-state index contributed by atoms with van der Waals surface area (Å²) in [5.41, 5.74) is 1.32. The minimum absolute atomic E-state index is 0.703. The van der Waals surface area contributed by atoms with Crippen molar-refractivity contribution in [2.75, 3.05) is 13.2 Å². The Morgan fingerprint density at radius 1 is 1.38 bits per heavy atom.